The Bertz CT molecular complexity index is 437. The van der Waals surface area contributed by atoms with E-state index in [1.54, 1.807) is 12.1 Å². The second-order valence-electron chi connectivity index (χ2n) is 6.32. The molecule has 1 aromatic carbocycles. The molecule has 3 heteroatoms. The fraction of sp³-hybridized carbons (Fsp3) is 0.647. The van der Waals surface area contributed by atoms with Crippen LogP contribution in [-0.4, -0.2) is 17.3 Å². The van der Waals surface area contributed by atoms with Gasteiger partial charge in [-0.25, -0.2) is 4.39 Å². The number of halogens is 1. The normalized spacial score (nSPS) is 28.3. The summed E-state index contributed by atoms with van der Waals surface area (Å²) in [6, 6.07) is 6.83. The summed E-state index contributed by atoms with van der Waals surface area (Å²) in [6.07, 6.45) is 4.91. The summed E-state index contributed by atoms with van der Waals surface area (Å²) in [4.78, 5) is 0. The predicted molar refractivity (Wildman–Crippen MR) is 80.0 cm³/mol. The average molecular weight is 279 g/mol. The van der Waals surface area contributed by atoms with Crippen molar-refractivity contribution in [2.24, 2.45) is 5.92 Å². The number of aliphatic hydroxyl groups is 1. The van der Waals surface area contributed by atoms with E-state index in [0.29, 0.717) is 12.5 Å². The minimum absolute atomic E-state index is 0.104. The molecule has 2 N–H and O–H groups in total. The Balaban J connectivity index is 1.97. The van der Waals surface area contributed by atoms with Gasteiger partial charge in [0.15, 0.2) is 0 Å². The highest BCUT2D eigenvalue weighted by Crippen LogP contribution is 2.32. The van der Waals surface area contributed by atoms with Gasteiger partial charge in [0.1, 0.15) is 5.82 Å². The van der Waals surface area contributed by atoms with Crippen LogP contribution in [0.15, 0.2) is 24.3 Å². The van der Waals surface area contributed by atoms with Gasteiger partial charge in [0, 0.05) is 12.6 Å². The molecule has 1 aromatic rings. The van der Waals surface area contributed by atoms with Crippen molar-refractivity contribution in [3.63, 3.8) is 0 Å². The first-order chi connectivity index (χ1) is 9.52. The van der Waals surface area contributed by atoms with Crippen LogP contribution in [0.4, 0.5) is 4.39 Å². The molecule has 0 spiro atoms. The molecule has 0 amide bonds. The van der Waals surface area contributed by atoms with Crippen LogP contribution in [0.3, 0.4) is 0 Å². The Labute approximate surface area is 121 Å². The van der Waals surface area contributed by atoms with Gasteiger partial charge in [0.2, 0.25) is 0 Å². The Hall–Kier alpha value is -0.930. The van der Waals surface area contributed by atoms with E-state index in [1.807, 2.05) is 6.07 Å². The highest BCUT2D eigenvalue weighted by Gasteiger charge is 2.32. The summed E-state index contributed by atoms with van der Waals surface area (Å²) >= 11 is 0. The minimum atomic E-state index is -0.599. The number of rotatable bonds is 5. The van der Waals surface area contributed by atoms with Gasteiger partial charge in [-0.15, -0.1) is 0 Å². The molecule has 1 aliphatic rings. The largest absolute Gasteiger partial charge is 0.389 e. The van der Waals surface area contributed by atoms with Gasteiger partial charge in [0.25, 0.3) is 0 Å². The van der Waals surface area contributed by atoms with Gasteiger partial charge in [-0.05, 0) is 42.9 Å². The molecule has 1 aliphatic carbocycles. The zero-order chi connectivity index (χ0) is 14.6. The van der Waals surface area contributed by atoms with Crippen molar-refractivity contribution >= 4 is 0 Å². The van der Waals surface area contributed by atoms with Crippen molar-refractivity contribution in [2.45, 2.75) is 57.6 Å². The summed E-state index contributed by atoms with van der Waals surface area (Å²) in [5.41, 5.74) is 0.359. The molecule has 3 unspecified atom stereocenters. The SMILES string of the molecule is CCC(NCC1(O)CCCC(C)C1)c1cccc(F)c1. The quantitative estimate of drug-likeness (QED) is 0.859. The minimum Gasteiger partial charge on any atom is -0.389 e. The van der Waals surface area contributed by atoms with Gasteiger partial charge in [0.05, 0.1) is 5.60 Å². The first-order valence-electron chi connectivity index (χ1n) is 7.73. The van der Waals surface area contributed by atoms with E-state index in [2.05, 4.69) is 19.2 Å². The number of hydrogen-bond donors (Lipinski definition) is 2. The zero-order valence-electron chi connectivity index (χ0n) is 12.5. The third kappa shape index (κ3) is 4.03. The molecular weight excluding hydrogens is 253 g/mol. The number of hydrogen-bond acceptors (Lipinski definition) is 2. The first-order valence-corrected chi connectivity index (χ1v) is 7.73. The van der Waals surface area contributed by atoms with E-state index >= 15 is 0 Å². The maximum atomic E-state index is 13.3. The fourth-order valence-corrected chi connectivity index (χ4v) is 3.33. The van der Waals surface area contributed by atoms with E-state index < -0.39 is 5.60 Å². The van der Waals surface area contributed by atoms with Crippen molar-refractivity contribution in [3.8, 4) is 0 Å². The zero-order valence-corrected chi connectivity index (χ0v) is 12.5. The Kier molecular flexibility index (Phi) is 5.17. The Morgan fingerprint density at radius 1 is 1.50 bits per heavy atom. The van der Waals surface area contributed by atoms with Gasteiger partial charge < -0.3 is 10.4 Å². The van der Waals surface area contributed by atoms with Crippen LogP contribution in [0.25, 0.3) is 0 Å². The Morgan fingerprint density at radius 2 is 2.30 bits per heavy atom. The summed E-state index contributed by atoms with van der Waals surface area (Å²) in [6.45, 7) is 4.87. The molecule has 0 aliphatic heterocycles. The summed E-state index contributed by atoms with van der Waals surface area (Å²) in [5.74, 6) is 0.387. The molecule has 0 aromatic heterocycles. The molecule has 112 valence electrons. The molecule has 1 fully saturated rings. The van der Waals surface area contributed by atoms with E-state index in [9.17, 15) is 9.50 Å². The third-order valence-electron chi connectivity index (χ3n) is 4.40. The van der Waals surface area contributed by atoms with Crippen LogP contribution in [0.1, 0.15) is 57.6 Å². The highest BCUT2D eigenvalue weighted by atomic mass is 19.1. The molecule has 0 bridgehead atoms. The molecule has 1 saturated carbocycles. The van der Waals surface area contributed by atoms with Gasteiger partial charge in [-0.2, -0.15) is 0 Å². The predicted octanol–water partition coefficient (Wildman–Crippen LogP) is 3.81. The summed E-state index contributed by atoms with van der Waals surface area (Å²) in [5, 5.41) is 14.1. The molecule has 0 saturated heterocycles. The topological polar surface area (TPSA) is 32.3 Å². The van der Waals surface area contributed by atoms with Crippen molar-refractivity contribution in [2.75, 3.05) is 6.54 Å². The van der Waals surface area contributed by atoms with E-state index in [0.717, 1.165) is 31.2 Å². The lowest BCUT2D eigenvalue weighted by atomic mass is 9.79. The van der Waals surface area contributed by atoms with Gasteiger partial charge in [-0.1, -0.05) is 38.8 Å². The lowest BCUT2D eigenvalue weighted by Gasteiger charge is -2.37. The second-order valence-corrected chi connectivity index (χ2v) is 6.32. The molecular formula is C17H26FNO. The molecule has 0 radical (unpaired) electrons. The maximum absolute atomic E-state index is 13.3. The van der Waals surface area contributed by atoms with E-state index in [-0.39, 0.29) is 11.9 Å². The van der Waals surface area contributed by atoms with E-state index in [1.165, 1.54) is 12.5 Å². The lowest BCUT2D eigenvalue weighted by Crippen LogP contribution is -2.45. The average Bonchev–Trinajstić information content (AvgIpc) is 2.39. The smallest absolute Gasteiger partial charge is 0.123 e. The third-order valence-corrected chi connectivity index (χ3v) is 4.40. The molecule has 3 atom stereocenters. The maximum Gasteiger partial charge on any atom is 0.123 e. The van der Waals surface area contributed by atoms with Gasteiger partial charge in [-0.3, -0.25) is 0 Å². The van der Waals surface area contributed by atoms with Gasteiger partial charge >= 0.3 is 0 Å². The van der Waals surface area contributed by atoms with Crippen LogP contribution in [0.2, 0.25) is 0 Å². The van der Waals surface area contributed by atoms with Crippen molar-refractivity contribution in [1.29, 1.82) is 0 Å². The van der Waals surface area contributed by atoms with Crippen LogP contribution in [0.5, 0.6) is 0 Å². The van der Waals surface area contributed by atoms with Crippen LogP contribution < -0.4 is 5.32 Å². The van der Waals surface area contributed by atoms with E-state index in [4.69, 9.17) is 0 Å². The van der Waals surface area contributed by atoms with Crippen molar-refractivity contribution in [3.05, 3.63) is 35.6 Å². The second kappa shape index (κ2) is 6.68. The molecule has 0 heterocycles. The molecule has 2 rings (SSSR count). The number of benzene rings is 1. The monoisotopic (exact) mass is 279 g/mol. The van der Waals surface area contributed by atoms with Crippen molar-refractivity contribution in [1.82, 2.24) is 5.32 Å². The van der Waals surface area contributed by atoms with Crippen molar-refractivity contribution < 1.29 is 9.50 Å². The Morgan fingerprint density at radius 3 is 2.95 bits per heavy atom. The summed E-state index contributed by atoms with van der Waals surface area (Å²) < 4.78 is 13.3. The highest BCUT2D eigenvalue weighted by molar-refractivity contribution is 5.20. The molecule has 20 heavy (non-hydrogen) atoms. The standard InChI is InChI=1S/C17H26FNO/c1-3-16(14-7-4-8-15(18)10-14)19-12-17(20)9-5-6-13(2)11-17/h4,7-8,10,13,16,19-20H,3,5-6,9,11-12H2,1-2H3. The molecule has 2 nitrogen and oxygen atoms in total. The van der Waals surface area contributed by atoms with Crippen LogP contribution in [0, 0.1) is 11.7 Å². The first kappa shape index (κ1) is 15.5. The van der Waals surface area contributed by atoms with Crippen LogP contribution >= 0.6 is 0 Å². The summed E-state index contributed by atoms with van der Waals surface area (Å²) in [7, 11) is 0. The fourth-order valence-electron chi connectivity index (χ4n) is 3.33. The number of nitrogens with one attached hydrogen (secondary N) is 1. The van der Waals surface area contributed by atoms with Crippen LogP contribution in [-0.2, 0) is 0 Å². The lowest BCUT2D eigenvalue weighted by molar-refractivity contribution is -0.0138.